The van der Waals surface area contributed by atoms with Gasteiger partial charge in [0.15, 0.2) is 0 Å². The third-order valence-corrected chi connectivity index (χ3v) is 3.13. The van der Waals surface area contributed by atoms with E-state index in [2.05, 4.69) is 10.6 Å². The normalized spacial score (nSPS) is 9.67. The molecular formula is C16H28Cl2N4O2. The predicted molar refractivity (Wildman–Crippen MR) is 102 cm³/mol. The van der Waals surface area contributed by atoms with E-state index in [0.29, 0.717) is 38.0 Å². The van der Waals surface area contributed by atoms with Gasteiger partial charge in [-0.3, -0.25) is 9.59 Å². The lowest BCUT2D eigenvalue weighted by Gasteiger charge is -2.11. The van der Waals surface area contributed by atoms with Gasteiger partial charge < -0.3 is 21.3 Å². The highest BCUT2D eigenvalue weighted by atomic mass is 35.5. The average molecular weight is 379 g/mol. The van der Waals surface area contributed by atoms with Crippen molar-refractivity contribution in [2.24, 2.45) is 5.73 Å². The minimum absolute atomic E-state index is 0. The Hall–Kier alpha value is -1.34. The summed E-state index contributed by atoms with van der Waals surface area (Å²) < 4.78 is 0. The van der Waals surface area contributed by atoms with Gasteiger partial charge >= 0.3 is 0 Å². The van der Waals surface area contributed by atoms with Gasteiger partial charge in [0.2, 0.25) is 5.91 Å². The lowest BCUT2D eigenvalue weighted by atomic mass is 10.1. The number of likely N-dealkylation sites (N-methyl/N-ethyl adjacent to an activating group) is 1. The van der Waals surface area contributed by atoms with Crippen LogP contribution in [0.4, 0.5) is 0 Å². The molecule has 0 saturated carbocycles. The minimum atomic E-state index is -0.0989. The van der Waals surface area contributed by atoms with Gasteiger partial charge in [0, 0.05) is 31.6 Å². The molecule has 0 radical (unpaired) electrons. The number of carbonyl (C=O) groups excluding carboxylic acids is 2. The van der Waals surface area contributed by atoms with Crippen molar-refractivity contribution in [3.05, 3.63) is 35.4 Å². The highest BCUT2D eigenvalue weighted by Crippen LogP contribution is 2.05. The van der Waals surface area contributed by atoms with E-state index in [4.69, 9.17) is 5.73 Å². The predicted octanol–water partition coefficient (Wildman–Crippen LogP) is 1.18. The number of halogens is 2. The van der Waals surface area contributed by atoms with Gasteiger partial charge in [0.1, 0.15) is 0 Å². The molecule has 0 spiro atoms. The van der Waals surface area contributed by atoms with Gasteiger partial charge in [0.05, 0.1) is 0 Å². The van der Waals surface area contributed by atoms with Crippen LogP contribution < -0.4 is 16.4 Å². The van der Waals surface area contributed by atoms with E-state index >= 15 is 0 Å². The Labute approximate surface area is 156 Å². The van der Waals surface area contributed by atoms with E-state index in [1.165, 1.54) is 0 Å². The first kappa shape index (κ1) is 24.9. The number of carbonyl (C=O) groups is 2. The zero-order chi connectivity index (χ0) is 16.4. The number of hydrogen-bond acceptors (Lipinski definition) is 4. The van der Waals surface area contributed by atoms with Crippen molar-refractivity contribution in [2.45, 2.75) is 19.4 Å². The number of benzene rings is 1. The van der Waals surface area contributed by atoms with E-state index in [1.807, 2.05) is 31.1 Å². The topological polar surface area (TPSA) is 87.5 Å². The number of nitrogens with two attached hydrogens (primary N) is 1. The maximum atomic E-state index is 12.0. The van der Waals surface area contributed by atoms with Crippen molar-refractivity contribution in [3.63, 3.8) is 0 Å². The Bertz CT molecular complexity index is 499. The van der Waals surface area contributed by atoms with Gasteiger partial charge in [-0.15, -0.1) is 24.8 Å². The summed E-state index contributed by atoms with van der Waals surface area (Å²) in [5.41, 5.74) is 6.88. The van der Waals surface area contributed by atoms with Crippen LogP contribution in [-0.4, -0.2) is 50.4 Å². The van der Waals surface area contributed by atoms with Crippen LogP contribution in [0.15, 0.2) is 24.3 Å². The molecule has 138 valence electrons. The van der Waals surface area contributed by atoms with E-state index < -0.39 is 0 Å². The molecule has 0 atom stereocenters. The molecule has 1 rings (SSSR count). The Morgan fingerprint density at radius 1 is 1.17 bits per heavy atom. The van der Waals surface area contributed by atoms with Gasteiger partial charge in [-0.1, -0.05) is 12.1 Å². The van der Waals surface area contributed by atoms with E-state index in [-0.39, 0.29) is 36.6 Å². The van der Waals surface area contributed by atoms with Crippen LogP contribution in [0.2, 0.25) is 0 Å². The van der Waals surface area contributed by atoms with E-state index in [1.54, 1.807) is 12.1 Å². The lowest BCUT2D eigenvalue weighted by molar-refractivity contribution is -0.121. The second-order valence-electron chi connectivity index (χ2n) is 5.43. The largest absolute Gasteiger partial charge is 0.352 e. The number of hydrogen-bond donors (Lipinski definition) is 3. The van der Waals surface area contributed by atoms with Gasteiger partial charge in [-0.25, -0.2) is 0 Å². The Morgan fingerprint density at radius 3 is 2.50 bits per heavy atom. The zero-order valence-corrected chi connectivity index (χ0v) is 15.8. The molecule has 0 aliphatic heterocycles. The summed E-state index contributed by atoms with van der Waals surface area (Å²) in [6, 6.07) is 7.28. The fourth-order valence-corrected chi connectivity index (χ4v) is 1.87. The summed E-state index contributed by atoms with van der Waals surface area (Å²) in [4.78, 5) is 25.6. The first-order valence-electron chi connectivity index (χ1n) is 7.51. The molecule has 8 heteroatoms. The molecule has 0 saturated heterocycles. The summed E-state index contributed by atoms with van der Waals surface area (Å²) in [5, 5.41) is 5.69. The standard InChI is InChI=1S/C16H26N4O2.2ClH/c1-20(2)10-9-18-16(22)14-6-3-5-13(11-14)12-19-15(21)7-4-8-17;;/h3,5-6,11H,4,7-10,12,17H2,1-2H3,(H,18,22)(H,19,21);2*1H. The quantitative estimate of drug-likeness (QED) is 0.601. The summed E-state index contributed by atoms with van der Waals surface area (Å²) in [6.07, 6.45) is 1.11. The zero-order valence-electron chi connectivity index (χ0n) is 14.2. The van der Waals surface area contributed by atoms with Crippen molar-refractivity contribution in [1.82, 2.24) is 15.5 Å². The first-order valence-corrected chi connectivity index (χ1v) is 7.51. The number of rotatable bonds is 9. The Balaban J connectivity index is 0. The van der Waals surface area contributed by atoms with Crippen LogP contribution in [0.5, 0.6) is 0 Å². The van der Waals surface area contributed by atoms with E-state index in [0.717, 1.165) is 12.1 Å². The van der Waals surface area contributed by atoms with Crippen LogP contribution in [0, 0.1) is 0 Å². The SMILES string of the molecule is CN(C)CCNC(=O)c1cccc(CNC(=O)CCCN)c1.Cl.Cl. The number of nitrogens with one attached hydrogen (secondary N) is 2. The molecule has 0 heterocycles. The van der Waals surface area contributed by atoms with Crippen LogP contribution in [0.3, 0.4) is 0 Å². The van der Waals surface area contributed by atoms with Crippen LogP contribution in [0.1, 0.15) is 28.8 Å². The molecule has 24 heavy (non-hydrogen) atoms. The molecular weight excluding hydrogens is 351 g/mol. The van der Waals surface area contributed by atoms with Crippen molar-refractivity contribution in [2.75, 3.05) is 33.7 Å². The van der Waals surface area contributed by atoms with Crippen LogP contribution in [-0.2, 0) is 11.3 Å². The highest BCUT2D eigenvalue weighted by Gasteiger charge is 2.06. The molecule has 0 aliphatic rings. The molecule has 1 aromatic carbocycles. The fourth-order valence-electron chi connectivity index (χ4n) is 1.87. The van der Waals surface area contributed by atoms with Gasteiger partial charge in [-0.05, 0) is 44.8 Å². The lowest BCUT2D eigenvalue weighted by Crippen LogP contribution is -2.31. The molecule has 4 N–H and O–H groups in total. The monoisotopic (exact) mass is 378 g/mol. The van der Waals surface area contributed by atoms with Crippen LogP contribution in [0.25, 0.3) is 0 Å². The Morgan fingerprint density at radius 2 is 1.88 bits per heavy atom. The second kappa shape index (κ2) is 14.0. The maximum Gasteiger partial charge on any atom is 0.251 e. The molecule has 2 amide bonds. The summed E-state index contributed by atoms with van der Waals surface area (Å²) >= 11 is 0. The van der Waals surface area contributed by atoms with Crippen molar-refractivity contribution in [3.8, 4) is 0 Å². The second-order valence-corrected chi connectivity index (χ2v) is 5.43. The number of nitrogens with zero attached hydrogens (tertiary/aromatic N) is 1. The smallest absolute Gasteiger partial charge is 0.251 e. The van der Waals surface area contributed by atoms with Crippen molar-refractivity contribution >= 4 is 36.6 Å². The van der Waals surface area contributed by atoms with Crippen LogP contribution >= 0.6 is 24.8 Å². The molecule has 1 aromatic rings. The van der Waals surface area contributed by atoms with Crippen molar-refractivity contribution in [1.29, 1.82) is 0 Å². The fraction of sp³-hybridized carbons (Fsp3) is 0.500. The van der Waals surface area contributed by atoms with Gasteiger partial charge in [-0.2, -0.15) is 0 Å². The van der Waals surface area contributed by atoms with E-state index in [9.17, 15) is 9.59 Å². The molecule has 0 fully saturated rings. The molecule has 0 bridgehead atoms. The molecule has 0 aromatic heterocycles. The average Bonchev–Trinajstić information content (AvgIpc) is 2.50. The first-order chi connectivity index (χ1) is 10.5. The summed E-state index contributed by atoms with van der Waals surface area (Å²) in [7, 11) is 3.92. The third-order valence-electron chi connectivity index (χ3n) is 3.13. The highest BCUT2D eigenvalue weighted by molar-refractivity contribution is 5.94. The van der Waals surface area contributed by atoms with Gasteiger partial charge in [0.25, 0.3) is 5.91 Å². The summed E-state index contributed by atoms with van der Waals surface area (Å²) in [5.74, 6) is -0.121. The maximum absolute atomic E-state index is 12.0. The van der Waals surface area contributed by atoms with Crippen molar-refractivity contribution < 1.29 is 9.59 Å². The minimum Gasteiger partial charge on any atom is -0.352 e. The Kier molecular flexibility index (Phi) is 14.6. The molecule has 6 nitrogen and oxygen atoms in total. The molecule has 0 aliphatic carbocycles. The molecule has 0 unspecified atom stereocenters. The summed E-state index contributed by atoms with van der Waals surface area (Å²) in [6.45, 7) is 2.33. The number of amides is 2. The third kappa shape index (κ3) is 10.4.